The average Bonchev–Trinajstić information content (AvgIpc) is 2.66. The Morgan fingerprint density at radius 3 is 2.64 bits per heavy atom. The Morgan fingerprint density at radius 1 is 1.12 bits per heavy atom. The fraction of sp³-hybridized carbons (Fsp3) is 0.381. The van der Waals surface area contributed by atoms with Crippen molar-refractivity contribution >= 4 is 5.91 Å². The summed E-state index contributed by atoms with van der Waals surface area (Å²) >= 11 is 0. The van der Waals surface area contributed by atoms with Crippen LogP contribution in [0.25, 0.3) is 0 Å². The number of phenols is 1. The number of likely N-dealkylation sites (tertiary alicyclic amines) is 1. The summed E-state index contributed by atoms with van der Waals surface area (Å²) in [5.41, 5.74) is 1.97. The number of aromatic hydroxyl groups is 1. The van der Waals surface area contributed by atoms with Crippen molar-refractivity contribution in [1.82, 2.24) is 10.2 Å². The van der Waals surface area contributed by atoms with E-state index in [0.29, 0.717) is 18.0 Å². The van der Waals surface area contributed by atoms with Crippen molar-refractivity contribution in [3.63, 3.8) is 0 Å². The fourth-order valence-electron chi connectivity index (χ4n) is 3.40. The van der Waals surface area contributed by atoms with Crippen LogP contribution in [-0.4, -0.2) is 42.1 Å². The number of amides is 1. The normalized spacial score (nSPS) is 18.0. The Hall–Kier alpha value is -2.33. The van der Waals surface area contributed by atoms with E-state index < -0.39 is 0 Å². The predicted octanol–water partition coefficient (Wildman–Crippen LogP) is 3.08. The Balaban J connectivity index is 1.43. The van der Waals surface area contributed by atoms with Crippen molar-refractivity contribution in [3.05, 3.63) is 65.7 Å². The molecule has 2 N–H and O–H groups in total. The molecule has 3 rings (SSSR count). The average molecular weight is 338 g/mol. The second-order valence-electron chi connectivity index (χ2n) is 6.80. The molecule has 0 bridgehead atoms. The first-order valence-electron chi connectivity index (χ1n) is 9.04. The lowest BCUT2D eigenvalue weighted by atomic mass is 9.97. The van der Waals surface area contributed by atoms with Crippen molar-refractivity contribution < 1.29 is 9.90 Å². The van der Waals surface area contributed by atoms with Crippen LogP contribution in [0.15, 0.2) is 54.6 Å². The van der Waals surface area contributed by atoms with E-state index in [1.54, 1.807) is 24.3 Å². The Morgan fingerprint density at radius 2 is 1.88 bits per heavy atom. The molecule has 25 heavy (non-hydrogen) atoms. The summed E-state index contributed by atoms with van der Waals surface area (Å²) in [6.45, 7) is 3.98. The molecule has 1 amide bonds. The number of nitrogens with zero attached hydrogens (tertiary/aromatic N) is 1. The largest absolute Gasteiger partial charge is 0.508 e. The van der Waals surface area contributed by atoms with Crippen LogP contribution in [0.5, 0.6) is 5.75 Å². The quantitative estimate of drug-likeness (QED) is 0.851. The number of nitrogens with one attached hydrogen (secondary N) is 1. The summed E-state index contributed by atoms with van der Waals surface area (Å²) in [6.07, 6.45) is 3.43. The van der Waals surface area contributed by atoms with Crippen molar-refractivity contribution in [2.45, 2.75) is 19.3 Å². The van der Waals surface area contributed by atoms with Gasteiger partial charge < -0.3 is 15.3 Å². The standard InChI is InChI=1S/C21H26N2O2/c24-20-10-8-19(9-11-20)21(25)22-15-18-7-4-13-23(16-18)14-12-17-5-2-1-3-6-17/h1-3,5-6,8-11,18,24H,4,7,12-16H2,(H,22,25). The van der Waals surface area contributed by atoms with Gasteiger partial charge >= 0.3 is 0 Å². The highest BCUT2D eigenvalue weighted by Crippen LogP contribution is 2.17. The smallest absolute Gasteiger partial charge is 0.251 e. The second kappa shape index (κ2) is 8.67. The van der Waals surface area contributed by atoms with Crippen molar-refractivity contribution in [3.8, 4) is 5.75 Å². The van der Waals surface area contributed by atoms with Gasteiger partial charge in [-0.2, -0.15) is 0 Å². The van der Waals surface area contributed by atoms with Crippen molar-refractivity contribution in [1.29, 1.82) is 0 Å². The molecule has 0 aromatic heterocycles. The number of hydrogen-bond acceptors (Lipinski definition) is 3. The van der Waals surface area contributed by atoms with Gasteiger partial charge in [-0.25, -0.2) is 0 Å². The molecule has 1 fully saturated rings. The number of piperidine rings is 1. The first kappa shape index (κ1) is 17.5. The lowest BCUT2D eigenvalue weighted by Gasteiger charge is -2.32. The summed E-state index contributed by atoms with van der Waals surface area (Å²) in [6, 6.07) is 17.0. The maximum Gasteiger partial charge on any atom is 0.251 e. The molecule has 1 aliphatic heterocycles. The number of phenolic OH excluding ortho intramolecular Hbond substituents is 1. The lowest BCUT2D eigenvalue weighted by molar-refractivity contribution is 0.0932. The van der Waals surface area contributed by atoms with Gasteiger partial charge in [0, 0.05) is 25.2 Å². The molecule has 1 unspecified atom stereocenters. The zero-order valence-electron chi connectivity index (χ0n) is 14.5. The molecule has 2 aromatic carbocycles. The van der Waals surface area contributed by atoms with Crippen LogP contribution in [0.1, 0.15) is 28.8 Å². The highest BCUT2D eigenvalue weighted by molar-refractivity contribution is 5.94. The molecule has 1 aliphatic rings. The molecular formula is C21H26N2O2. The van der Waals surface area contributed by atoms with Gasteiger partial charge in [0.1, 0.15) is 5.75 Å². The first-order chi connectivity index (χ1) is 12.2. The van der Waals surface area contributed by atoms with Gasteiger partial charge in [-0.3, -0.25) is 4.79 Å². The Kier molecular flexibility index (Phi) is 6.07. The number of benzene rings is 2. The number of rotatable bonds is 6. The minimum absolute atomic E-state index is 0.0681. The van der Waals surface area contributed by atoms with E-state index in [-0.39, 0.29) is 11.7 Å². The van der Waals surface area contributed by atoms with E-state index in [0.717, 1.165) is 32.5 Å². The highest BCUT2D eigenvalue weighted by atomic mass is 16.3. The van der Waals surface area contributed by atoms with Crippen LogP contribution in [0.2, 0.25) is 0 Å². The molecule has 1 atom stereocenters. The zero-order chi connectivity index (χ0) is 17.5. The fourth-order valence-corrected chi connectivity index (χ4v) is 3.40. The summed E-state index contributed by atoms with van der Waals surface area (Å²) in [7, 11) is 0. The van der Waals surface area contributed by atoms with Crippen LogP contribution in [0.4, 0.5) is 0 Å². The maximum atomic E-state index is 12.2. The molecule has 1 heterocycles. The predicted molar refractivity (Wildman–Crippen MR) is 99.8 cm³/mol. The zero-order valence-corrected chi connectivity index (χ0v) is 14.5. The van der Waals surface area contributed by atoms with E-state index in [4.69, 9.17) is 0 Å². The molecule has 4 heteroatoms. The lowest BCUT2D eigenvalue weighted by Crippen LogP contribution is -2.41. The maximum absolute atomic E-state index is 12.2. The minimum Gasteiger partial charge on any atom is -0.508 e. The molecule has 2 aromatic rings. The van der Waals surface area contributed by atoms with E-state index in [1.807, 2.05) is 0 Å². The van der Waals surface area contributed by atoms with Crippen molar-refractivity contribution in [2.75, 3.05) is 26.2 Å². The van der Waals surface area contributed by atoms with Gasteiger partial charge in [-0.15, -0.1) is 0 Å². The van der Waals surface area contributed by atoms with E-state index in [1.165, 1.54) is 12.0 Å². The van der Waals surface area contributed by atoms with Gasteiger partial charge in [-0.05, 0) is 61.6 Å². The van der Waals surface area contributed by atoms with Gasteiger partial charge in [0.05, 0.1) is 0 Å². The molecule has 132 valence electrons. The van der Waals surface area contributed by atoms with Gasteiger partial charge in [0.25, 0.3) is 5.91 Å². The van der Waals surface area contributed by atoms with E-state index in [9.17, 15) is 9.90 Å². The monoisotopic (exact) mass is 338 g/mol. The van der Waals surface area contributed by atoms with Crippen molar-refractivity contribution in [2.24, 2.45) is 5.92 Å². The van der Waals surface area contributed by atoms with Crippen LogP contribution >= 0.6 is 0 Å². The number of hydrogen-bond donors (Lipinski definition) is 2. The highest BCUT2D eigenvalue weighted by Gasteiger charge is 2.20. The summed E-state index contributed by atoms with van der Waals surface area (Å²) < 4.78 is 0. The number of carbonyl (C=O) groups is 1. The summed E-state index contributed by atoms with van der Waals surface area (Å²) in [5.74, 6) is 0.616. The molecule has 0 radical (unpaired) electrons. The molecule has 0 saturated carbocycles. The van der Waals surface area contributed by atoms with E-state index >= 15 is 0 Å². The topological polar surface area (TPSA) is 52.6 Å². The molecule has 0 aliphatic carbocycles. The third-order valence-corrected chi connectivity index (χ3v) is 4.84. The minimum atomic E-state index is -0.0681. The van der Waals surface area contributed by atoms with Crippen LogP contribution in [-0.2, 0) is 6.42 Å². The van der Waals surface area contributed by atoms with Crippen LogP contribution in [0, 0.1) is 5.92 Å². The first-order valence-corrected chi connectivity index (χ1v) is 9.04. The van der Waals surface area contributed by atoms with Crippen LogP contribution in [0.3, 0.4) is 0 Å². The third-order valence-electron chi connectivity index (χ3n) is 4.84. The Labute approximate surface area is 149 Å². The SMILES string of the molecule is O=C(NCC1CCCN(CCc2ccccc2)C1)c1ccc(O)cc1. The summed E-state index contributed by atoms with van der Waals surface area (Å²) in [5, 5.41) is 12.3. The molecular weight excluding hydrogens is 312 g/mol. The number of carbonyl (C=O) groups excluding carboxylic acids is 1. The molecule has 1 saturated heterocycles. The second-order valence-corrected chi connectivity index (χ2v) is 6.80. The Bertz CT molecular complexity index is 670. The van der Waals surface area contributed by atoms with Gasteiger partial charge in [-0.1, -0.05) is 30.3 Å². The van der Waals surface area contributed by atoms with Gasteiger partial charge in [0.15, 0.2) is 0 Å². The van der Waals surface area contributed by atoms with Gasteiger partial charge in [0.2, 0.25) is 0 Å². The molecule has 4 nitrogen and oxygen atoms in total. The molecule has 0 spiro atoms. The third kappa shape index (κ3) is 5.33. The summed E-state index contributed by atoms with van der Waals surface area (Å²) in [4.78, 5) is 14.7. The van der Waals surface area contributed by atoms with E-state index in [2.05, 4.69) is 40.5 Å². The van der Waals surface area contributed by atoms with Crippen LogP contribution < -0.4 is 5.32 Å².